The molecule has 0 radical (unpaired) electrons. The zero-order valence-electron chi connectivity index (χ0n) is 14.4. The lowest BCUT2D eigenvalue weighted by Crippen LogP contribution is -2.17. The molecule has 0 aliphatic heterocycles. The van der Waals surface area contributed by atoms with Gasteiger partial charge in [-0.15, -0.1) is 0 Å². The molecule has 0 atom stereocenters. The maximum absolute atomic E-state index is 12.8. The lowest BCUT2D eigenvalue weighted by atomic mass is 10.3. The third-order valence-corrected chi connectivity index (χ3v) is 4.47. The van der Waals surface area contributed by atoms with Crippen molar-refractivity contribution in [3.8, 4) is 11.5 Å². The lowest BCUT2D eigenvalue weighted by Gasteiger charge is -2.11. The van der Waals surface area contributed by atoms with E-state index in [9.17, 15) is 4.79 Å². The van der Waals surface area contributed by atoms with E-state index in [0.717, 1.165) is 10.8 Å². The molecule has 0 saturated carbocycles. The molecule has 1 N–H and O–H groups in total. The van der Waals surface area contributed by atoms with Gasteiger partial charge in [0.1, 0.15) is 18.3 Å². The molecule has 134 valence electrons. The van der Waals surface area contributed by atoms with Gasteiger partial charge in [0.15, 0.2) is 11.0 Å². The Balaban J connectivity index is 1.60. The number of carbonyl (C=O) groups is 1. The molecule has 9 heteroatoms. The standard InChI is InChI=1S/C18H15N7OS/c1-27-18-21-10-15(25(18)14-5-3-2-4-6-14)17(26)23-13-7-8-16(20-9-13)24-12-19-11-22-24/h2-12H,1H3,(H,23,26). The smallest absolute Gasteiger partial charge is 0.274 e. The number of para-hydroxylation sites is 1. The number of pyridine rings is 1. The van der Waals surface area contributed by atoms with Crippen LogP contribution in [0.5, 0.6) is 0 Å². The molecule has 3 aromatic heterocycles. The first-order chi connectivity index (χ1) is 13.3. The molecule has 4 aromatic rings. The highest BCUT2D eigenvalue weighted by molar-refractivity contribution is 7.98. The predicted molar refractivity (Wildman–Crippen MR) is 102 cm³/mol. The van der Waals surface area contributed by atoms with E-state index < -0.39 is 0 Å². The molecular weight excluding hydrogens is 362 g/mol. The number of benzene rings is 1. The maximum Gasteiger partial charge on any atom is 0.274 e. The lowest BCUT2D eigenvalue weighted by molar-refractivity contribution is 0.102. The van der Waals surface area contributed by atoms with Crippen molar-refractivity contribution in [1.29, 1.82) is 0 Å². The number of nitrogens with zero attached hydrogens (tertiary/aromatic N) is 6. The van der Waals surface area contributed by atoms with Crippen LogP contribution in [0.25, 0.3) is 11.5 Å². The van der Waals surface area contributed by atoms with Crippen LogP contribution in [-0.2, 0) is 0 Å². The Morgan fingerprint density at radius 1 is 1.07 bits per heavy atom. The van der Waals surface area contributed by atoms with Gasteiger partial charge in [0, 0.05) is 5.69 Å². The second-order valence-electron chi connectivity index (χ2n) is 5.50. The van der Waals surface area contributed by atoms with Crippen LogP contribution in [0.3, 0.4) is 0 Å². The van der Waals surface area contributed by atoms with Crippen LogP contribution in [0.2, 0.25) is 0 Å². The number of anilines is 1. The summed E-state index contributed by atoms with van der Waals surface area (Å²) in [5.41, 5.74) is 1.91. The van der Waals surface area contributed by atoms with Crippen LogP contribution in [-0.4, -0.2) is 41.5 Å². The third-order valence-electron chi connectivity index (χ3n) is 3.82. The number of hydrogen-bond acceptors (Lipinski definition) is 6. The van der Waals surface area contributed by atoms with E-state index in [4.69, 9.17) is 0 Å². The monoisotopic (exact) mass is 377 g/mol. The second-order valence-corrected chi connectivity index (χ2v) is 6.27. The number of rotatable bonds is 5. The first-order valence-corrected chi connectivity index (χ1v) is 9.28. The molecule has 3 heterocycles. The Kier molecular flexibility index (Phi) is 4.67. The topological polar surface area (TPSA) is 90.5 Å². The molecule has 27 heavy (non-hydrogen) atoms. The van der Waals surface area contributed by atoms with Crippen molar-refractivity contribution >= 4 is 23.4 Å². The van der Waals surface area contributed by atoms with Crippen LogP contribution in [0.15, 0.2) is 72.7 Å². The van der Waals surface area contributed by atoms with Crippen LogP contribution >= 0.6 is 11.8 Å². The molecule has 0 fully saturated rings. The number of nitrogens with one attached hydrogen (secondary N) is 1. The molecule has 0 saturated heterocycles. The second kappa shape index (κ2) is 7.42. The maximum atomic E-state index is 12.8. The Bertz CT molecular complexity index is 1040. The Morgan fingerprint density at radius 2 is 1.93 bits per heavy atom. The third kappa shape index (κ3) is 3.44. The quantitative estimate of drug-likeness (QED) is 0.538. The summed E-state index contributed by atoms with van der Waals surface area (Å²) in [4.78, 5) is 25.3. The van der Waals surface area contributed by atoms with E-state index >= 15 is 0 Å². The minimum Gasteiger partial charge on any atom is -0.319 e. The van der Waals surface area contributed by atoms with E-state index in [2.05, 4.69) is 25.4 Å². The number of thioether (sulfide) groups is 1. The van der Waals surface area contributed by atoms with Crippen molar-refractivity contribution in [3.63, 3.8) is 0 Å². The Hall–Kier alpha value is -3.46. The van der Waals surface area contributed by atoms with E-state index in [0.29, 0.717) is 17.2 Å². The van der Waals surface area contributed by atoms with Gasteiger partial charge in [-0.3, -0.25) is 9.36 Å². The average Bonchev–Trinajstić information content (AvgIpc) is 3.39. The van der Waals surface area contributed by atoms with Crippen LogP contribution in [0.4, 0.5) is 5.69 Å². The molecule has 1 amide bonds. The van der Waals surface area contributed by atoms with Crippen molar-refractivity contribution in [2.24, 2.45) is 0 Å². The number of hydrogen-bond donors (Lipinski definition) is 1. The molecule has 0 spiro atoms. The molecule has 1 aromatic carbocycles. The minimum atomic E-state index is -0.262. The van der Waals surface area contributed by atoms with Crippen molar-refractivity contribution in [2.75, 3.05) is 11.6 Å². The number of carbonyl (C=O) groups excluding carboxylic acids is 1. The van der Waals surface area contributed by atoms with Gasteiger partial charge in [-0.2, -0.15) is 5.10 Å². The fraction of sp³-hybridized carbons (Fsp3) is 0.0556. The van der Waals surface area contributed by atoms with Crippen molar-refractivity contribution in [3.05, 3.63) is 73.2 Å². The van der Waals surface area contributed by atoms with Crippen molar-refractivity contribution in [1.82, 2.24) is 29.3 Å². The minimum absolute atomic E-state index is 0.262. The summed E-state index contributed by atoms with van der Waals surface area (Å²) in [6.07, 6.45) is 8.07. The molecule has 0 aliphatic carbocycles. The van der Waals surface area contributed by atoms with Gasteiger partial charge in [0.05, 0.1) is 18.1 Å². The van der Waals surface area contributed by atoms with Gasteiger partial charge in [-0.1, -0.05) is 30.0 Å². The summed E-state index contributed by atoms with van der Waals surface area (Å²) in [5.74, 6) is 0.353. The van der Waals surface area contributed by atoms with Crippen LogP contribution < -0.4 is 5.32 Å². The molecule has 8 nitrogen and oxygen atoms in total. The first kappa shape index (κ1) is 17.0. The normalized spacial score (nSPS) is 10.7. The zero-order valence-corrected chi connectivity index (χ0v) is 15.2. The van der Waals surface area contributed by atoms with E-state index in [-0.39, 0.29) is 5.91 Å². The van der Waals surface area contributed by atoms with Gasteiger partial charge in [0.25, 0.3) is 5.91 Å². The molecule has 4 rings (SSSR count). The highest BCUT2D eigenvalue weighted by Crippen LogP contribution is 2.22. The highest BCUT2D eigenvalue weighted by Gasteiger charge is 2.18. The summed E-state index contributed by atoms with van der Waals surface area (Å²) in [6.45, 7) is 0. The summed E-state index contributed by atoms with van der Waals surface area (Å²) < 4.78 is 3.37. The van der Waals surface area contributed by atoms with Crippen molar-refractivity contribution in [2.45, 2.75) is 5.16 Å². The van der Waals surface area contributed by atoms with E-state index in [1.54, 1.807) is 35.5 Å². The number of aromatic nitrogens is 6. The summed E-state index contributed by atoms with van der Waals surface area (Å²) in [7, 11) is 0. The fourth-order valence-electron chi connectivity index (χ4n) is 2.58. The number of amides is 1. The van der Waals surface area contributed by atoms with Crippen molar-refractivity contribution < 1.29 is 4.79 Å². The Labute approximate surface area is 159 Å². The molecule has 0 unspecified atom stereocenters. The Morgan fingerprint density at radius 3 is 2.59 bits per heavy atom. The summed E-state index contributed by atoms with van der Waals surface area (Å²) in [5, 5.41) is 7.63. The summed E-state index contributed by atoms with van der Waals surface area (Å²) in [6, 6.07) is 13.2. The van der Waals surface area contributed by atoms with Gasteiger partial charge < -0.3 is 5.32 Å². The molecule has 0 bridgehead atoms. The van der Waals surface area contributed by atoms with E-state index in [1.165, 1.54) is 18.1 Å². The molecular formula is C18H15N7OS. The number of imidazole rings is 1. The van der Waals surface area contributed by atoms with E-state index in [1.807, 2.05) is 41.2 Å². The average molecular weight is 377 g/mol. The molecule has 0 aliphatic rings. The van der Waals surface area contributed by atoms with Gasteiger partial charge in [-0.25, -0.2) is 19.6 Å². The van der Waals surface area contributed by atoms with Gasteiger partial charge in [-0.05, 0) is 30.5 Å². The highest BCUT2D eigenvalue weighted by atomic mass is 32.2. The van der Waals surface area contributed by atoms with Crippen LogP contribution in [0, 0.1) is 0 Å². The van der Waals surface area contributed by atoms with Gasteiger partial charge in [0.2, 0.25) is 0 Å². The predicted octanol–water partition coefficient (Wildman–Crippen LogP) is 2.82. The largest absolute Gasteiger partial charge is 0.319 e. The van der Waals surface area contributed by atoms with Gasteiger partial charge >= 0.3 is 0 Å². The fourth-order valence-corrected chi connectivity index (χ4v) is 3.13. The first-order valence-electron chi connectivity index (χ1n) is 8.06. The van der Waals surface area contributed by atoms with Crippen LogP contribution in [0.1, 0.15) is 10.5 Å². The summed E-state index contributed by atoms with van der Waals surface area (Å²) >= 11 is 1.48. The SMILES string of the molecule is CSc1ncc(C(=O)Nc2ccc(-n3cncn3)nc2)n1-c1ccccc1. The zero-order chi connectivity index (χ0) is 18.6.